The standard InChI is InChI=1S/C8H8FNO3/c1-13-6-3-2-5(4-10-6)7(9)8(11)12/h2-4,7H,1H3,(H,11,12). The molecule has 0 spiro atoms. The van der Waals surface area contributed by atoms with E-state index in [1.165, 1.54) is 19.2 Å². The summed E-state index contributed by atoms with van der Waals surface area (Å²) in [5, 5.41) is 8.33. The second-order valence-corrected chi connectivity index (χ2v) is 2.33. The normalized spacial score (nSPS) is 12.2. The first-order chi connectivity index (χ1) is 6.15. The zero-order chi connectivity index (χ0) is 9.84. The number of alkyl halides is 1. The van der Waals surface area contributed by atoms with Crippen molar-refractivity contribution in [2.24, 2.45) is 0 Å². The molecule has 1 N–H and O–H groups in total. The lowest BCUT2D eigenvalue weighted by Crippen LogP contribution is -2.06. The average molecular weight is 185 g/mol. The summed E-state index contributed by atoms with van der Waals surface area (Å²) in [5.74, 6) is -1.20. The van der Waals surface area contributed by atoms with Crippen LogP contribution >= 0.6 is 0 Å². The fourth-order valence-corrected chi connectivity index (χ4v) is 0.805. The molecule has 0 fully saturated rings. The summed E-state index contributed by atoms with van der Waals surface area (Å²) in [7, 11) is 1.42. The summed E-state index contributed by atoms with van der Waals surface area (Å²) >= 11 is 0. The van der Waals surface area contributed by atoms with Crippen molar-refractivity contribution in [1.29, 1.82) is 0 Å². The maximum Gasteiger partial charge on any atom is 0.343 e. The summed E-state index contributed by atoms with van der Waals surface area (Å²) in [5.41, 5.74) is 0.00769. The maximum atomic E-state index is 12.8. The molecule has 1 aromatic rings. The van der Waals surface area contributed by atoms with Crippen LogP contribution in [0.3, 0.4) is 0 Å². The highest BCUT2D eigenvalue weighted by Crippen LogP contribution is 2.18. The molecule has 70 valence electrons. The van der Waals surface area contributed by atoms with Gasteiger partial charge in [-0.2, -0.15) is 0 Å². The van der Waals surface area contributed by atoms with E-state index in [-0.39, 0.29) is 5.56 Å². The summed E-state index contributed by atoms with van der Waals surface area (Å²) in [6.45, 7) is 0. The molecule has 1 heterocycles. The summed E-state index contributed by atoms with van der Waals surface area (Å²) in [4.78, 5) is 13.9. The predicted octanol–water partition coefficient (Wildman–Crippen LogP) is 1.19. The van der Waals surface area contributed by atoms with Gasteiger partial charge in [0.15, 0.2) is 0 Å². The van der Waals surface area contributed by atoms with Crippen molar-refractivity contribution in [3.63, 3.8) is 0 Å². The number of nitrogens with zero attached hydrogens (tertiary/aromatic N) is 1. The molecule has 1 atom stereocenters. The first-order valence-electron chi connectivity index (χ1n) is 3.52. The predicted molar refractivity (Wildman–Crippen MR) is 42.3 cm³/mol. The fourth-order valence-electron chi connectivity index (χ4n) is 0.805. The Balaban J connectivity index is 2.85. The zero-order valence-corrected chi connectivity index (χ0v) is 6.90. The Morgan fingerprint density at radius 3 is 2.77 bits per heavy atom. The van der Waals surface area contributed by atoms with Gasteiger partial charge in [0.2, 0.25) is 12.1 Å². The number of carboxylic acids is 1. The number of carbonyl (C=O) groups is 1. The molecule has 0 saturated carbocycles. The van der Waals surface area contributed by atoms with Gasteiger partial charge in [0.25, 0.3) is 0 Å². The second kappa shape index (κ2) is 3.84. The van der Waals surface area contributed by atoms with Crippen molar-refractivity contribution in [3.05, 3.63) is 23.9 Å². The van der Waals surface area contributed by atoms with Gasteiger partial charge in [-0.15, -0.1) is 0 Å². The molecule has 1 rings (SSSR count). The molecule has 5 heteroatoms. The van der Waals surface area contributed by atoms with Crippen LogP contribution in [0.1, 0.15) is 11.7 Å². The van der Waals surface area contributed by atoms with Crippen LogP contribution < -0.4 is 4.74 Å². The van der Waals surface area contributed by atoms with Crippen molar-refractivity contribution >= 4 is 5.97 Å². The van der Waals surface area contributed by atoms with E-state index in [2.05, 4.69) is 4.98 Å². The van der Waals surface area contributed by atoms with E-state index in [0.717, 1.165) is 6.20 Å². The number of aliphatic carboxylic acids is 1. The monoisotopic (exact) mass is 185 g/mol. The van der Waals surface area contributed by atoms with Gasteiger partial charge in [-0.1, -0.05) is 0 Å². The molecule has 1 aromatic heterocycles. The minimum absolute atomic E-state index is 0.00769. The highest BCUT2D eigenvalue weighted by atomic mass is 19.1. The number of aromatic nitrogens is 1. The van der Waals surface area contributed by atoms with Crippen molar-refractivity contribution in [3.8, 4) is 5.88 Å². The van der Waals surface area contributed by atoms with Crippen LogP contribution in [0.15, 0.2) is 18.3 Å². The van der Waals surface area contributed by atoms with Crippen molar-refractivity contribution in [2.75, 3.05) is 7.11 Å². The van der Waals surface area contributed by atoms with Crippen LogP contribution in [-0.4, -0.2) is 23.2 Å². The Labute approximate surface area is 74.0 Å². The minimum atomic E-state index is -2.03. The van der Waals surface area contributed by atoms with Crippen LogP contribution in [0.5, 0.6) is 5.88 Å². The molecule has 0 aromatic carbocycles. The third-order valence-corrected chi connectivity index (χ3v) is 1.48. The van der Waals surface area contributed by atoms with E-state index < -0.39 is 12.1 Å². The number of methoxy groups -OCH3 is 1. The molecule has 0 bridgehead atoms. The molecule has 0 saturated heterocycles. The first kappa shape index (κ1) is 9.44. The number of carboxylic acid groups (broad SMARTS) is 1. The van der Waals surface area contributed by atoms with Gasteiger partial charge in [-0.05, 0) is 6.07 Å². The average Bonchev–Trinajstić information content (AvgIpc) is 2.17. The van der Waals surface area contributed by atoms with Crippen molar-refractivity contribution in [2.45, 2.75) is 6.17 Å². The van der Waals surface area contributed by atoms with E-state index >= 15 is 0 Å². The van der Waals surface area contributed by atoms with Crippen LogP contribution in [0.4, 0.5) is 4.39 Å². The van der Waals surface area contributed by atoms with E-state index in [4.69, 9.17) is 9.84 Å². The topological polar surface area (TPSA) is 59.4 Å². The van der Waals surface area contributed by atoms with Gasteiger partial charge in [0.1, 0.15) is 0 Å². The van der Waals surface area contributed by atoms with E-state index in [1.54, 1.807) is 0 Å². The smallest absolute Gasteiger partial charge is 0.343 e. The first-order valence-corrected chi connectivity index (χ1v) is 3.52. The van der Waals surface area contributed by atoms with Gasteiger partial charge in [0, 0.05) is 17.8 Å². The molecule has 4 nitrogen and oxygen atoms in total. The van der Waals surface area contributed by atoms with E-state index in [9.17, 15) is 9.18 Å². The number of pyridine rings is 1. The number of hydrogen-bond donors (Lipinski definition) is 1. The molecule has 13 heavy (non-hydrogen) atoms. The molecule has 1 unspecified atom stereocenters. The third-order valence-electron chi connectivity index (χ3n) is 1.48. The molecular formula is C8H8FNO3. The Kier molecular flexibility index (Phi) is 2.79. The maximum absolute atomic E-state index is 12.8. The fraction of sp³-hybridized carbons (Fsp3) is 0.250. The summed E-state index contributed by atoms with van der Waals surface area (Å²) in [6.07, 6.45) is -0.893. The SMILES string of the molecule is COc1ccc(C(F)C(=O)O)cn1. The molecule has 0 aliphatic carbocycles. The summed E-state index contributed by atoms with van der Waals surface area (Å²) in [6, 6.07) is 2.73. The second-order valence-electron chi connectivity index (χ2n) is 2.33. The number of halogens is 1. The highest BCUT2D eigenvalue weighted by Gasteiger charge is 2.18. The molecule has 0 aliphatic rings. The molecule has 0 amide bonds. The number of rotatable bonds is 3. The Bertz CT molecular complexity index is 299. The van der Waals surface area contributed by atoms with Crippen molar-refractivity contribution in [1.82, 2.24) is 4.98 Å². The lowest BCUT2D eigenvalue weighted by molar-refractivity contribution is -0.143. The largest absolute Gasteiger partial charge is 0.481 e. The molecular weight excluding hydrogens is 177 g/mol. The lowest BCUT2D eigenvalue weighted by atomic mass is 10.2. The Morgan fingerprint density at radius 2 is 2.38 bits per heavy atom. The molecule has 0 aliphatic heterocycles. The number of ether oxygens (including phenoxy) is 1. The Hall–Kier alpha value is -1.65. The van der Waals surface area contributed by atoms with Crippen LogP contribution in [-0.2, 0) is 4.79 Å². The van der Waals surface area contributed by atoms with E-state index in [1.807, 2.05) is 0 Å². The number of hydrogen-bond acceptors (Lipinski definition) is 3. The van der Waals surface area contributed by atoms with Crippen molar-refractivity contribution < 1.29 is 19.0 Å². The van der Waals surface area contributed by atoms with Crippen LogP contribution in [0.25, 0.3) is 0 Å². The van der Waals surface area contributed by atoms with Crippen LogP contribution in [0.2, 0.25) is 0 Å². The van der Waals surface area contributed by atoms with Gasteiger partial charge < -0.3 is 9.84 Å². The van der Waals surface area contributed by atoms with Crippen LogP contribution in [0, 0.1) is 0 Å². The quantitative estimate of drug-likeness (QED) is 0.768. The van der Waals surface area contributed by atoms with Gasteiger partial charge in [0.05, 0.1) is 7.11 Å². The summed E-state index contributed by atoms with van der Waals surface area (Å²) < 4.78 is 17.5. The van der Waals surface area contributed by atoms with Gasteiger partial charge in [-0.3, -0.25) is 0 Å². The highest BCUT2D eigenvalue weighted by molar-refractivity contribution is 5.73. The molecule has 0 radical (unpaired) electrons. The lowest BCUT2D eigenvalue weighted by Gasteiger charge is -2.03. The van der Waals surface area contributed by atoms with Gasteiger partial charge >= 0.3 is 5.97 Å². The van der Waals surface area contributed by atoms with Gasteiger partial charge in [-0.25, -0.2) is 14.2 Å². The minimum Gasteiger partial charge on any atom is -0.481 e. The van der Waals surface area contributed by atoms with E-state index in [0.29, 0.717) is 5.88 Å². The third kappa shape index (κ3) is 2.14. The Morgan fingerprint density at radius 1 is 1.69 bits per heavy atom. The zero-order valence-electron chi connectivity index (χ0n) is 6.90.